The molecule has 0 rings (SSSR count). The van der Waals surface area contributed by atoms with Gasteiger partial charge in [0, 0.05) is 0 Å². The highest BCUT2D eigenvalue weighted by atomic mass is 13.9. The molecule has 0 aromatic heterocycles. The van der Waals surface area contributed by atoms with Gasteiger partial charge in [-0.05, 0) is 19.8 Å². The van der Waals surface area contributed by atoms with Crippen LogP contribution in [0.15, 0.2) is 25.3 Å². The van der Waals surface area contributed by atoms with Crippen LogP contribution in [0, 0.1) is 0 Å². The summed E-state index contributed by atoms with van der Waals surface area (Å²) in [6, 6.07) is 0. The highest BCUT2D eigenvalue weighted by Gasteiger charge is 1.82. The molecule has 0 nitrogen and oxygen atoms in total. The van der Waals surface area contributed by atoms with E-state index in [2.05, 4.69) is 39.2 Å². The summed E-state index contributed by atoms with van der Waals surface area (Å²) < 4.78 is 0. The maximum Gasteiger partial charge on any atom is -0.0351 e. The Hall–Kier alpha value is -0.520. The second-order valence-corrected chi connectivity index (χ2v) is 2.42. The summed E-state index contributed by atoms with van der Waals surface area (Å²) in [6.45, 7) is 10.3. The molecule has 0 fully saturated rings. The van der Waals surface area contributed by atoms with Crippen molar-refractivity contribution < 1.29 is 0 Å². The Bertz CT molecular complexity index is 72.1. The van der Waals surface area contributed by atoms with E-state index in [1.165, 1.54) is 32.1 Å². The van der Waals surface area contributed by atoms with E-state index in [-0.39, 0.29) is 0 Å². The van der Waals surface area contributed by atoms with Gasteiger partial charge in [-0.2, -0.15) is 0 Å². The number of hydrogen-bond donors (Lipinski definition) is 0. The first kappa shape index (κ1) is 13.1. The van der Waals surface area contributed by atoms with Crippen molar-refractivity contribution in [1.29, 1.82) is 0 Å². The van der Waals surface area contributed by atoms with Crippen molar-refractivity contribution in [3.05, 3.63) is 25.3 Å². The Morgan fingerprint density at radius 2 is 1.73 bits per heavy atom. The van der Waals surface area contributed by atoms with Gasteiger partial charge in [0.25, 0.3) is 0 Å². The minimum Gasteiger partial charge on any atom is -0.106 e. The van der Waals surface area contributed by atoms with Crippen molar-refractivity contribution in [1.82, 2.24) is 0 Å². The topological polar surface area (TPSA) is 0 Å². The van der Waals surface area contributed by atoms with Gasteiger partial charge in [0.15, 0.2) is 0 Å². The van der Waals surface area contributed by atoms with Crippen LogP contribution in [0.2, 0.25) is 0 Å². The summed E-state index contributed by atoms with van der Waals surface area (Å²) in [4.78, 5) is 0. The molecule has 0 aliphatic carbocycles. The van der Waals surface area contributed by atoms with E-state index in [9.17, 15) is 0 Å². The quantitative estimate of drug-likeness (QED) is 0.408. The normalized spacial score (nSPS) is 9.27. The lowest BCUT2D eigenvalue weighted by Crippen LogP contribution is -1.72. The third-order valence-corrected chi connectivity index (χ3v) is 1.46. The van der Waals surface area contributed by atoms with Crippen LogP contribution in [-0.2, 0) is 0 Å². The Morgan fingerprint density at radius 3 is 2.18 bits per heavy atom. The summed E-state index contributed by atoms with van der Waals surface area (Å²) in [5, 5.41) is 0. The second kappa shape index (κ2) is 16.2. The Labute approximate surface area is 72.0 Å². The lowest BCUT2D eigenvalue weighted by atomic mass is 10.1. The van der Waals surface area contributed by atoms with Crippen LogP contribution in [0.1, 0.15) is 46.0 Å². The molecule has 0 aliphatic rings. The lowest BCUT2D eigenvalue weighted by Gasteiger charge is -1.92. The van der Waals surface area contributed by atoms with Crippen LogP contribution in [-0.4, -0.2) is 0 Å². The maximum atomic E-state index is 3.00. The highest BCUT2D eigenvalue weighted by molar-refractivity contribution is 4.75. The summed E-state index contributed by atoms with van der Waals surface area (Å²) >= 11 is 0. The molecule has 0 N–H and O–H groups in total. The van der Waals surface area contributed by atoms with Gasteiger partial charge in [-0.1, -0.05) is 38.3 Å². The van der Waals surface area contributed by atoms with E-state index in [1.54, 1.807) is 0 Å². The first-order valence-corrected chi connectivity index (χ1v) is 4.53. The molecule has 66 valence electrons. The minimum atomic E-state index is 1.27. The Balaban J connectivity index is 0. The zero-order chi connectivity index (χ0) is 8.95. The molecule has 0 bridgehead atoms. The van der Waals surface area contributed by atoms with Crippen LogP contribution in [0.5, 0.6) is 0 Å². The fraction of sp³-hybridized carbons (Fsp3) is 0.636. The van der Waals surface area contributed by atoms with Crippen molar-refractivity contribution in [2.75, 3.05) is 0 Å². The zero-order valence-corrected chi connectivity index (χ0v) is 8.10. The fourth-order valence-electron chi connectivity index (χ4n) is 0.856. The van der Waals surface area contributed by atoms with Crippen LogP contribution in [0.3, 0.4) is 0 Å². The van der Waals surface area contributed by atoms with E-state index in [1.807, 2.05) is 0 Å². The first-order valence-electron chi connectivity index (χ1n) is 4.53. The maximum absolute atomic E-state index is 3.00. The predicted molar refractivity (Wildman–Crippen MR) is 54.8 cm³/mol. The molecule has 0 aliphatic heterocycles. The summed E-state index contributed by atoms with van der Waals surface area (Å²) in [5.41, 5.74) is 0. The smallest absolute Gasteiger partial charge is 0.0351 e. The molecule has 0 heterocycles. The van der Waals surface area contributed by atoms with Gasteiger partial charge < -0.3 is 0 Å². The molecular weight excluding hydrogens is 132 g/mol. The van der Waals surface area contributed by atoms with E-state index in [4.69, 9.17) is 0 Å². The van der Waals surface area contributed by atoms with Gasteiger partial charge in [-0.15, -0.1) is 13.2 Å². The summed E-state index contributed by atoms with van der Waals surface area (Å²) in [6.07, 6.45) is 11.2. The van der Waals surface area contributed by atoms with E-state index >= 15 is 0 Å². The lowest BCUT2D eigenvalue weighted by molar-refractivity contribution is 0.674. The molecule has 0 radical (unpaired) electrons. The molecule has 0 saturated heterocycles. The van der Waals surface area contributed by atoms with Crippen LogP contribution in [0.4, 0.5) is 0 Å². The molecule has 0 atom stereocenters. The molecule has 0 amide bonds. The predicted octanol–water partition coefficient (Wildman–Crippen LogP) is 4.34. The van der Waals surface area contributed by atoms with E-state index < -0.39 is 0 Å². The Morgan fingerprint density at radius 1 is 1.09 bits per heavy atom. The molecule has 0 saturated carbocycles. The molecule has 0 unspecified atom stereocenters. The number of hydrogen-bond acceptors (Lipinski definition) is 0. The van der Waals surface area contributed by atoms with Gasteiger partial charge in [0.2, 0.25) is 0 Å². The monoisotopic (exact) mass is 154 g/mol. The molecule has 0 spiro atoms. The molecule has 0 heteroatoms. The zero-order valence-electron chi connectivity index (χ0n) is 8.10. The summed E-state index contributed by atoms with van der Waals surface area (Å²) in [7, 11) is 0. The highest BCUT2D eigenvalue weighted by Crippen LogP contribution is 2.02. The SMILES string of the molecule is C=C.CC=CCCCCCC. The largest absolute Gasteiger partial charge is 0.106 e. The average molecular weight is 154 g/mol. The summed E-state index contributed by atoms with van der Waals surface area (Å²) in [5.74, 6) is 0. The van der Waals surface area contributed by atoms with Crippen molar-refractivity contribution in [3.63, 3.8) is 0 Å². The second-order valence-electron chi connectivity index (χ2n) is 2.42. The number of rotatable bonds is 5. The molecule has 11 heavy (non-hydrogen) atoms. The van der Waals surface area contributed by atoms with Gasteiger partial charge in [-0.3, -0.25) is 0 Å². The van der Waals surface area contributed by atoms with Crippen molar-refractivity contribution >= 4 is 0 Å². The third-order valence-electron chi connectivity index (χ3n) is 1.46. The van der Waals surface area contributed by atoms with Gasteiger partial charge >= 0.3 is 0 Å². The van der Waals surface area contributed by atoms with Gasteiger partial charge in [0.1, 0.15) is 0 Å². The molecular formula is C11H22. The third kappa shape index (κ3) is 17.7. The van der Waals surface area contributed by atoms with E-state index in [0.717, 1.165) is 0 Å². The van der Waals surface area contributed by atoms with Crippen molar-refractivity contribution in [3.8, 4) is 0 Å². The standard InChI is InChI=1S/C9H18.C2H4/c1-3-5-7-9-8-6-4-2;1-2/h3,5H,4,6-9H2,1-2H3;1-2H2. The van der Waals surface area contributed by atoms with Gasteiger partial charge in [0.05, 0.1) is 0 Å². The van der Waals surface area contributed by atoms with Crippen molar-refractivity contribution in [2.45, 2.75) is 46.0 Å². The Kier molecular flexibility index (Phi) is 19.3. The molecule has 0 aromatic carbocycles. The van der Waals surface area contributed by atoms with E-state index in [0.29, 0.717) is 0 Å². The first-order chi connectivity index (χ1) is 5.41. The average Bonchev–Trinajstić information content (AvgIpc) is 2.08. The molecule has 0 aromatic rings. The fourth-order valence-corrected chi connectivity index (χ4v) is 0.856. The van der Waals surface area contributed by atoms with Crippen LogP contribution < -0.4 is 0 Å². The number of unbranched alkanes of at least 4 members (excludes halogenated alkanes) is 4. The number of allylic oxidation sites excluding steroid dienone is 2. The van der Waals surface area contributed by atoms with Crippen LogP contribution in [0.25, 0.3) is 0 Å². The van der Waals surface area contributed by atoms with Gasteiger partial charge in [-0.25, -0.2) is 0 Å². The van der Waals surface area contributed by atoms with Crippen molar-refractivity contribution in [2.24, 2.45) is 0 Å². The van der Waals surface area contributed by atoms with Crippen LogP contribution >= 0.6 is 0 Å². The minimum absolute atomic E-state index is 1.27.